The number of carbonyl (C=O) groups is 1. The van der Waals surface area contributed by atoms with Crippen molar-refractivity contribution in [1.82, 2.24) is 10.2 Å². The van der Waals surface area contributed by atoms with Gasteiger partial charge in [-0.05, 0) is 73.2 Å². The van der Waals surface area contributed by atoms with Gasteiger partial charge in [0.1, 0.15) is 36.4 Å². The van der Waals surface area contributed by atoms with Gasteiger partial charge in [-0.2, -0.15) is 23.5 Å². The van der Waals surface area contributed by atoms with Crippen molar-refractivity contribution < 1.29 is 41.3 Å². The van der Waals surface area contributed by atoms with Crippen LogP contribution in [-0.4, -0.2) is 74.0 Å². The number of anilines is 2. The highest BCUT2D eigenvalue weighted by Gasteiger charge is 2.39. The Balaban J connectivity index is 1.07. The van der Waals surface area contributed by atoms with Crippen molar-refractivity contribution in [2.75, 3.05) is 50.7 Å². The van der Waals surface area contributed by atoms with Gasteiger partial charge in [0, 0.05) is 23.8 Å². The van der Waals surface area contributed by atoms with E-state index in [9.17, 15) is 27.2 Å². The average molecular weight is 840 g/mol. The van der Waals surface area contributed by atoms with Gasteiger partial charge in [-0.1, -0.05) is 18.2 Å². The van der Waals surface area contributed by atoms with E-state index in [1.807, 2.05) is 6.07 Å². The second kappa shape index (κ2) is 18.7. The Morgan fingerprint density at radius 2 is 1.74 bits per heavy atom. The maximum atomic E-state index is 14.6. The summed E-state index contributed by atoms with van der Waals surface area (Å²) in [6.45, 7) is 8.20. The smallest absolute Gasteiger partial charge is 0.407 e. The van der Waals surface area contributed by atoms with E-state index in [-0.39, 0.29) is 44.1 Å². The fourth-order valence-corrected chi connectivity index (χ4v) is 6.58. The van der Waals surface area contributed by atoms with Crippen LogP contribution >= 0.6 is 0 Å². The minimum Gasteiger partial charge on any atom is -0.491 e. The van der Waals surface area contributed by atoms with Crippen molar-refractivity contribution in [3.8, 4) is 17.6 Å². The van der Waals surface area contributed by atoms with E-state index >= 15 is 0 Å². The van der Waals surface area contributed by atoms with E-state index in [1.165, 1.54) is 43.3 Å². The van der Waals surface area contributed by atoms with Gasteiger partial charge in [0.25, 0.3) is 11.5 Å². The van der Waals surface area contributed by atoms with E-state index in [2.05, 4.69) is 35.7 Å². The summed E-state index contributed by atoms with van der Waals surface area (Å²) >= 11 is 0. The molecule has 0 bridgehead atoms. The van der Waals surface area contributed by atoms with Crippen LogP contribution in [0.4, 0.5) is 34.6 Å². The number of nitrogens with one attached hydrogen (secondary N) is 3. The maximum Gasteiger partial charge on any atom is 0.407 e. The van der Waals surface area contributed by atoms with Crippen LogP contribution in [0.5, 0.6) is 11.5 Å². The zero-order chi connectivity index (χ0) is 43.7. The number of amidine groups is 1. The summed E-state index contributed by atoms with van der Waals surface area (Å²) in [4.78, 5) is 37.6. The molecule has 1 aliphatic heterocycles. The highest BCUT2D eigenvalue weighted by atomic mass is 19.4. The van der Waals surface area contributed by atoms with Gasteiger partial charge in [-0.15, -0.1) is 0 Å². The number of nitriles is 1. The number of hydrogen-bond donors (Lipinski definition) is 4. The Bertz CT molecular complexity index is 2610. The first-order chi connectivity index (χ1) is 29.3. The number of aromatic amines is 1. The van der Waals surface area contributed by atoms with Crippen molar-refractivity contribution in [2.24, 2.45) is 15.7 Å². The summed E-state index contributed by atoms with van der Waals surface area (Å²) in [5.41, 5.74) is 3.27. The van der Waals surface area contributed by atoms with E-state index < -0.39 is 52.3 Å². The fourth-order valence-electron chi connectivity index (χ4n) is 6.58. The number of benzene rings is 4. The molecule has 19 heteroatoms. The SMILES string of the molecule is [C-]#[N+]c1ccc(NC(=O)[C@](C)(COc2ccc(C#N)cc2)OCCOCCOc2ccc([C@H]3Nc4cc(F)cc5c(=O)[nH]nc(c45)[C@@H]3C(N=CN)=NC)cc2)cc1C(F)(F)F. The molecule has 314 valence electrons. The molecule has 6 rings (SSSR count). The van der Waals surface area contributed by atoms with Crippen molar-refractivity contribution in [2.45, 2.75) is 30.7 Å². The van der Waals surface area contributed by atoms with Crippen molar-refractivity contribution in [1.29, 1.82) is 5.26 Å². The third-order valence-electron chi connectivity index (χ3n) is 9.58. The zero-order valence-corrected chi connectivity index (χ0v) is 32.5. The highest BCUT2D eigenvalue weighted by Crippen LogP contribution is 2.44. The molecule has 4 aromatic carbocycles. The monoisotopic (exact) mass is 839 g/mol. The van der Waals surface area contributed by atoms with Crippen LogP contribution < -0.4 is 31.4 Å². The summed E-state index contributed by atoms with van der Waals surface area (Å²) in [5, 5.41) is 22.2. The second-order valence-corrected chi connectivity index (χ2v) is 13.6. The van der Waals surface area contributed by atoms with E-state index in [0.29, 0.717) is 45.7 Å². The predicted octanol–water partition coefficient (Wildman–Crippen LogP) is 6.66. The number of alkyl halides is 3. The molecule has 5 aromatic rings. The molecular weight excluding hydrogens is 803 g/mol. The molecule has 0 unspecified atom stereocenters. The first-order valence-corrected chi connectivity index (χ1v) is 18.5. The summed E-state index contributed by atoms with van der Waals surface area (Å²) in [7, 11) is 1.55. The molecule has 1 aromatic heterocycles. The van der Waals surface area contributed by atoms with E-state index in [1.54, 1.807) is 31.3 Å². The Morgan fingerprint density at radius 3 is 2.41 bits per heavy atom. The van der Waals surface area contributed by atoms with Crippen molar-refractivity contribution in [3.63, 3.8) is 0 Å². The quantitative estimate of drug-likeness (QED) is 0.0290. The third kappa shape index (κ3) is 9.93. The fraction of sp³-hybridized carbons (Fsp3) is 0.262. The normalized spacial score (nSPS) is 16.0. The molecule has 15 nitrogen and oxygen atoms in total. The van der Waals surface area contributed by atoms with E-state index in [0.717, 1.165) is 24.0 Å². The lowest BCUT2D eigenvalue weighted by Crippen LogP contribution is -2.48. The van der Waals surface area contributed by atoms with Gasteiger partial charge in [0.15, 0.2) is 11.3 Å². The molecule has 61 heavy (non-hydrogen) atoms. The average Bonchev–Trinajstić information content (AvgIpc) is 3.25. The topological polar surface area (TPSA) is 203 Å². The zero-order valence-electron chi connectivity index (χ0n) is 32.5. The predicted molar refractivity (Wildman–Crippen MR) is 218 cm³/mol. The van der Waals surface area contributed by atoms with Gasteiger partial charge >= 0.3 is 6.18 Å². The largest absolute Gasteiger partial charge is 0.491 e. The lowest BCUT2D eigenvalue weighted by molar-refractivity contribution is -0.146. The molecule has 1 amide bonds. The number of hydrogen-bond acceptors (Lipinski definition) is 10. The number of carbonyl (C=O) groups excluding carboxylic acids is 1. The number of aliphatic imine (C=N–C) groups is 2. The second-order valence-electron chi connectivity index (χ2n) is 13.6. The Kier molecular flexibility index (Phi) is 13.3. The van der Waals surface area contributed by atoms with Crippen LogP contribution in [0.25, 0.3) is 15.6 Å². The Morgan fingerprint density at radius 1 is 1.03 bits per heavy atom. The van der Waals surface area contributed by atoms with Crippen LogP contribution in [-0.2, 0) is 20.4 Å². The molecule has 0 saturated carbocycles. The summed E-state index contributed by atoms with van der Waals surface area (Å²) in [6, 6.07) is 19.8. The number of H-pyrrole nitrogens is 1. The molecule has 2 heterocycles. The molecule has 0 aliphatic carbocycles. The number of ether oxygens (including phenoxy) is 4. The van der Waals surface area contributed by atoms with Crippen LogP contribution in [0.2, 0.25) is 0 Å². The molecule has 3 atom stereocenters. The van der Waals surface area contributed by atoms with Gasteiger partial charge < -0.3 is 35.3 Å². The number of halogens is 4. The third-order valence-corrected chi connectivity index (χ3v) is 9.58. The first kappa shape index (κ1) is 43.2. The molecule has 1 aliphatic rings. The minimum atomic E-state index is -4.83. The molecule has 0 saturated heterocycles. The Hall–Kier alpha value is -7.35. The summed E-state index contributed by atoms with van der Waals surface area (Å²) in [6.07, 6.45) is -3.72. The highest BCUT2D eigenvalue weighted by molar-refractivity contribution is 6.04. The number of nitrogens with zero attached hydrogens (tertiary/aromatic N) is 5. The summed E-state index contributed by atoms with van der Waals surface area (Å²) in [5.74, 6) is -0.916. The standard InChI is InChI=1S/C42H37F4N9O6/c1-41(22-60-29-9-4-24(21-47)5-10-29,40(57)52-27-8-13-32(49-2)31(20-27)42(44,45)46)61-17-15-58-14-16-59-28-11-6-25(7-12-28)36-35(38(50-3)51-23-48)37-34-30(39(56)55-54-37)18-26(43)19-33(34)53-36/h4-13,18-20,23,35-36,53H,14-17,22H2,1,3H3,(H,52,57)(H,55,56)(H2,48,50,51)/t35-,36-,41+/m1/s1. The molecular formula is C42H37F4N9O6. The Labute approximate surface area is 345 Å². The van der Waals surface area contributed by atoms with Crippen LogP contribution in [0.15, 0.2) is 93.6 Å². The van der Waals surface area contributed by atoms with Crippen LogP contribution in [0.1, 0.15) is 41.3 Å². The molecule has 0 radical (unpaired) electrons. The number of aromatic nitrogens is 2. The number of amides is 1. The van der Waals surface area contributed by atoms with E-state index in [4.69, 9.17) is 36.5 Å². The number of nitrogens with two attached hydrogens (primary N) is 1. The van der Waals surface area contributed by atoms with Gasteiger partial charge in [0.05, 0.1) is 73.0 Å². The number of rotatable bonds is 15. The van der Waals surface area contributed by atoms with Gasteiger partial charge in [-0.25, -0.2) is 19.3 Å². The minimum absolute atomic E-state index is 0.00455. The van der Waals surface area contributed by atoms with Crippen LogP contribution in [0.3, 0.4) is 0 Å². The molecule has 0 fully saturated rings. The lowest BCUT2D eigenvalue weighted by Gasteiger charge is -2.34. The molecule has 5 N–H and O–H groups in total. The van der Waals surface area contributed by atoms with Gasteiger partial charge in [0.2, 0.25) is 0 Å². The first-order valence-electron chi connectivity index (χ1n) is 18.5. The van der Waals surface area contributed by atoms with Crippen molar-refractivity contribution >= 4 is 45.9 Å². The van der Waals surface area contributed by atoms with Crippen molar-refractivity contribution in [3.05, 3.63) is 129 Å². The van der Waals surface area contributed by atoms with Crippen LogP contribution in [0, 0.1) is 23.7 Å². The maximum absolute atomic E-state index is 14.6. The summed E-state index contributed by atoms with van der Waals surface area (Å²) < 4.78 is 78.7. The molecule has 0 spiro atoms. The lowest BCUT2D eigenvalue weighted by atomic mass is 9.83. The van der Waals surface area contributed by atoms with Gasteiger partial charge in [-0.3, -0.25) is 14.6 Å².